The molecule has 0 atom stereocenters. The predicted molar refractivity (Wildman–Crippen MR) is 58.3 cm³/mol. The van der Waals surface area contributed by atoms with Crippen molar-refractivity contribution in [1.82, 2.24) is 4.98 Å². The fourth-order valence-corrected chi connectivity index (χ4v) is 1.28. The summed E-state index contributed by atoms with van der Waals surface area (Å²) in [6.45, 7) is 8.22. The van der Waals surface area contributed by atoms with Crippen LogP contribution in [-0.2, 0) is 6.61 Å². The second-order valence-corrected chi connectivity index (χ2v) is 4.54. The van der Waals surface area contributed by atoms with Gasteiger partial charge in [-0.15, -0.1) is 0 Å². The van der Waals surface area contributed by atoms with E-state index in [2.05, 4.69) is 31.1 Å². The third-order valence-electron chi connectivity index (χ3n) is 1.70. The first-order valence-corrected chi connectivity index (χ1v) is 4.77. The lowest BCUT2D eigenvalue weighted by Crippen LogP contribution is -2.26. The zero-order valence-electron chi connectivity index (χ0n) is 9.26. The zero-order chi connectivity index (χ0) is 10.8. The maximum absolute atomic E-state index is 9.03. The van der Waals surface area contributed by atoms with E-state index < -0.39 is 0 Å². The second-order valence-electron chi connectivity index (χ2n) is 4.54. The Labute approximate surface area is 85.2 Å². The van der Waals surface area contributed by atoms with Gasteiger partial charge in [-0.05, 0) is 45.4 Å². The molecule has 14 heavy (non-hydrogen) atoms. The molecule has 0 aliphatic rings. The summed E-state index contributed by atoms with van der Waals surface area (Å²) < 4.78 is 0. The molecule has 1 heterocycles. The fourth-order valence-electron chi connectivity index (χ4n) is 1.28. The molecule has 1 rings (SSSR count). The van der Waals surface area contributed by atoms with Crippen LogP contribution in [0.5, 0.6) is 0 Å². The number of aliphatic hydroxyl groups excluding tert-OH is 1. The standard InChI is InChI=1S/C11H18N2O/c1-8-5-9(7-14)6-10(12-8)13-11(2,3)4/h5-6,14H,7H2,1-4H3,(H,12,13). The van der Waals surface area contributed by atoms with Crippen molar-refractivity contribution >= 4 is 5.82 Å². The van der Waals surface area contributed by atoms with Crippen molar-refractivity contribution in [2.75, 3.05) is 5.32 Å². The first-order valence-electron chi connectivity index (χ1n) is 4.77. The summed E-state index contributed by atoms with van der Waals surface area (Å²) in [5.74, 6) is 0.821. The van der Waals surface area contributed by atoms with Crippen molar-refractivity contribution in [2.24, 2.45) is 0 Å². The van der Waals surface area contributed by atoms with Crippen molar-refractivity contribution in [3.63, 3.8) is 0 Å². The largest absolute Gasteiger partial charge is 0.392 e. The second kappa shape index (κ2) is 3.96. The number of hydrogen-bond donors (Lipinski definition) is 2. The Morgan fingerprint density at radius 1 is 1.36 bits per heavy atom. The molecule has 2 N–H and O–H groups in total. The van der Waals surface area contributed by atoms with Gasteiger partial charge in [-0.25, -0.2) is 4.98 Å². The van der Waals surface area contributed by atoms with Crippen molar-refractivity contribution in [3.8, 4) is 0 Å². The molecule has 3 nitrogen and oxygen atoms in total. The van der Waals surface area contributed by atoms with Crippen molar-refractivity contribution in [1.29, 1.82) is 0 Å². The van der Waals surface area contributed by atoms with E-state index in [1.54, 1.807) is 0 Å². The molecule has 0 aliphatic carbocycles. The van der Waals surface area contributed by atoms with E-state index >= 15 is 0 Å². The Morgan fingerprint density at radius 2 is 2.00 bits per heavy atom. The topological polar surface area (TPSA) is 45.1 Å². The van der Waals surface area contributed by atoms with Crippen LogP contribution in [0.1, 0.15) is 32.0 Å². The third kappa shape index (κ3) is 3.34. The monoisotopic (exact) mass is 194 g/mol. The fraction of sp³-hybridized carbons (Fsp3) is 0.545. The molecule has 0 spiro atoms. The summed E-state index contributed by atoms with van der Waals surface area (Å²) in [5.41, 5.74) is 1.81. The van der Waals surface area contributed by atoms with Gasteiger partial charge in [0, 0.05) is 11.2 Å². The average molecular weight is 194 g/mol. The van der Waals surface area contributed by atoms with Gasteiger partial charge in [-0.2, -0.15) is 0 Å². The van der Waals surface area contributed by atoms with Gasteiger partial charge in [0.25, 0.3) is 0 Å². The molecule has 0 aromatic carbocycles. The highest BCUT2D eigenvalue weighted by Crippen LogP contribution is 2.15. The number of aliphatic hydroxyl groups is 1. The van der Waals surface area contributed by atoms with Crippen LogP contribution < -0.4 is 5.32 Å². The van der Waals surface area contributed by atoms with E-state index in [-0.39, 0.29) is 12.1 Å². The first kappa shape index (κ1) is 11.0. The van der Waals surface area contributed by atoms with Crippen LogP contribution in [-0.4, -0.2) is 15.6 Å². The lowest BCUT2D eigenvalue weighted by Gasteiger charge is -2.21. The normalized spacial score (nSPS) is 11.5. The molecule has 0 radical (unpaired) electrons. The Morgan fingerprint density at radius 3 is 2.50 bits per heavy atom. The van der Waals surface area contributed by atoms with Gasteiger partial charge in [0.1, 0.15) is 5.82 Å². The number of nitrogens with one attached hydrogen (secondary N) is 1. The molecule has 78 valence electrons. The maximum Gasteiger partial charge on any atom is 0.126 e. The van der Waals surface area contributed by atoms with Crippen molar-refractivity contribution < 1.29 is 5.11 Å². The SMILES string of the molecule is Cc1cc(CO)cc(NC(C)(C)C)n1. The Balaban J connectivity index is 2.92. The molecule has 0 bridgehead atoms. The summed E-state index contributed by atoms with van der Waals surface area (Å²) in [7, 11) is 0. The molecule has 0 saturated heterocycles. The Bertz CT molecular complexity index is 316. The van der Waals surface area contributed by atoms with E-state index in [4.69, 9.17) is 5.11 Å². The predicted octanol–water partition coefficient (Wildman–Crippen LogP) is 2.09. The molecule has 0 unspecified atom stereocenters. The minimum absolute atomic E-state index is 0.00643. The molecule has 0 fully saturated rings. The lowest BCUT2D eigenvalue weighted by atomic mass is 10.1. The quantitative estimate of drug-likeness (QED) is 0.757. The summed E-state index contributed by atoms with van der Waals surface area (Å²) >= 11 is 0. The van der Waals surface area contributed by atoms with E-state index in [1.165, 1.54) is 0 Å². The van der Waals surface area contributed by atoms with Crippen LogP contribution in [0.3, 0.4) is 0 Å². The van der Waals surface area contributed by atoms with Gasteiger partial charge >= 0.3 is 0 Å². The Hall–Kier alpha value is -1.09. The number of aromatic nitrogens is 1. The van der Waals surface area contributed by atoms with Crippen LogP contribution >= 0.6 is 0 Å². The number of nitrogens with zero attached hydrogens (tertiary/aromatic N) is 1. The van der Waals surface area contributed by atoms with Crippen LogP contribution in [0.4, 0.5) is 5.82 Å². The van der Waals surface area contributed by atoms with Gasteiger partial charge in [0.15, 0.2) is 0 Å². The number of aryl methyl sites for hydroxylation is 1. The summed E-state index contributed by atoms with van der Waals surface area (Å²) in [5, 5.41) is 12.3. The molecule has 0 aliphatic heterocycles. The highest BCUT2D eigenvalue weighted by molar-refractivity contribution is 5.41. The van der Waals surface area contributed by atoms with Crippen LogP contribution in [0.2, 0.25) is 0 Å². The Kier molecular flexibility index (Phi) is 3.11. The minimum Gasteiger partial charge on any atom is -0.392 e. The zero-order valence-corrected chi connectivity index (χ0v) is 9.26. The minimum atomic E-state index is -0.00643. The van der Waals surface area contributed by atoms with Crippen molar-refractivity contribution in [2.45, 2.75) is 39.8 Å². The van der Waals surface area contributed by atoms with E-state index in [9.17, 15) is 0 Å². The molecular formula is C11H18N2O. The molecule has 0 amide bonds. The number of rotatable bonds is 2. The summed E-state index contributed by atoms with van der Waals surface area (Å²) in [6.07, 6.45) is 0. The molecule has 1 aromatic heterocycles. The van der Waals surface area contributed by atoms with Crippen LogP contribution in [0.25, 0.3) is 0 Å². The van der Waals surface area contributed by atoms with Gasteiger partial charge in [-0.3, -0.25) is 0 Å². The highest BCUT2D eigenvalue weighted by Gasteiger charge is 2.10. The molecule has 1 aromatic rings. The maximum atomic E-state index is 9.03. The van der Waals surface area contributed by atoms with E-state index in [0.717, 1.165) is 17.1 Å². The van der Waals surface area contributed by atoms with E-state index in [0.29, 0.717) is 0 Å². The van der Waals surface area contributed by atoms with E-state index in [1.807, 2.05) is 19.1 Å². The smallest absolute Gasteiger partial charge is 0.126 e. The lowest BCUT2D eigenvalue weighted by molar-refractivity contribution is 0.281. The summed E-state index contributed by atoms with van der Waals surface area (Å²) in [6, 6.07) is 3.76. The highest BCUT2D eigenvalue weighted by atomic mass is 16.3. The van der Waals surface area contributed by atoms with Gasteiger partial charge < -0.3 is 10.4 Å². The summed E-state index contributed by atoms with van der Waals surface area (Å²) in [4.78, 5) is 4.34. The van der Waals surface area contributed by atoms with Crippen molar-refractivity contribution in [3.05, 3.63) is 23.4 Å². The van der Waals surface area contributed by atoms with Crippen LogP contribution in [0, 0.1) is 6.92 Å². The molecule has 0 saturated carbocycles. The number of hydrogen-bond acceptors (Lipinski definition) is 3. The third-order valence-corrected chi connectivity index (χ3v) is 1.70. The number of anilines is 1. The molecular weight excluding hydrogens is 176 g/mol. The van der Waals surface area contributed by atoms with Gasteiger partial charge in [0.05, 0.1) is 6.61 Å². The van der Waals surface area contributed by atoms with Gasteiger partial charge in [-0.1, -0.05) is 0 Å². The van der Waals surface area contributed by atoms with Gasteiger partial charge in [0.2, 0.25) is 0 Å². The first-order chi connectivity index (χ1) is 6.40. The average Bonchev–Trinajstić information content (AvgIpc) is 1.99. The van der Waals surface area contributed by atoms with Crippen LogP contribution in [0.15, 0.2) is 12.1 Å². The number of pyridine rings is 1. The molecule has 3 heteroatoms.